The summed E-state index contributed by atoms with van der Waals surface area (Å²) in [6, 6.07) is 11.3. The Morgan fingerprint density at radius 1 is 1.09 bits per heavy atom. The highest BCUT2D eigenvalue weighted by Gasteiger charge is 2.26. The lowest BCUT2D eigenvalue weighted by Gasteiger charge is -2.34. The SMILES string of the molecule is Cc1ccc(-c2nn(COCC[Si](C)(C)C)c3cnc(-c4cccnc4)cc23)nc1N1CCC(NC(=O)OC(C)(C)C)CC1. The number of anilines is 1. The minimum absolute atomic E-state index is 0.0728. The summed E-state index contributed by atoms with van der Waals surface area (Å²) >= 11 is 0. The van der Waals surface area contributed by atoms with Crippen molar-refractivity contribution in [3.8, 4) is 22.6 Å². The van der Waals surface area contributed by atoms with Crippen LogP contribution in [0.4, 0.5) is 10.6 Å². The normalized spacial score (nSPS) is 14.7. The van der Waals surface area contributed by atoms with Crippen LogP contribution in [0.25, 0.3) is 33.5 Å². The molecule has 4 aromatic heterocycles. The molecule has 0 aliphatic carbocycles. The van der Waals surface area contributed by atoms with Gasteiger partial charge in [0.2, 0.25) is 0 Å². The summed E-state index contributed by atoms with van der Waals surface area (Å²) in [6.45, 7) is 17.4. The number of piperidine rings is 1. The summed E-state index contributed by atoms with van der Waals surface area (Å²) in [5, 5.41) is 9.02. The smallest absolute Gasteiger partial charge is 0.407 e. The molecular weight excluding hydrogens is 570 g/mol. The summed E-state index contributed by atoms with van der Waals surface area (Å²) in [4.78, 5) is 28.8. The van der Waals surface area contributed by atoms with Gasteiger partial charge in [-0.05, 0) is 76.4 Å². The van der Waals surface area contributed by atoms with Gasteiger partial charge in [-0.15, -0.1) is 0 Å². The Bertz CT molecular complexity index is 1590. The van der Waals surface area contributed by atoms with E-state index >= 15 is 0 Å². The summed E-state index contributed by atoms with van der Waals surface area (Å²) < 4.78 is 13.4. The Kier molecular flexibility index (Phi) is 9.36. The number of nitrogens with one attached hydrogen (secondary N) is 1. The number of rotatable bonds is 9. The van der Waals surface area contributed by atoms with E-state index in [2.05, 4.69) is 53.9 Å². The van der Waals surface area contributed by atoms with Crippen molar-refractivity contribution < 1.29 is 14.3 Å². The van der Waals surface area contributed by atoms with Crippen LogP contribution in [0.3, 0.4) is 0 Å². The van der Waals surface area contributed by atoms with Gasteiger partial charge in [-0.1, -0.05) is 25.7 Å². The van der Waals surface area contributed by atoms with Crippen LogP contribution in [0.1, 0.15) is 39.2 Å². The van der Waals surface area contributed by atoms with Crippen molar-refractivity contribution >= 4 is 30.9 Å². The zero-order valence-electron chi connectivity index (χ0n) is 27.1. The maximum atomic E-state index is 12.3. The van der Waals surface area contributed by atoms with Crippen LogP contribution in [-0.4, -0.2) is 70.2 Å². The first kappa shape index (κ1) is 31.6. The van der Waals surface area contributed by atoms with Crippen molar-refractivity contribution in [3.05, 3.63) is 54.5 Å². The van der Waals surface area contributed by atoms with Gasteiger partial charge in [0.05, 0.1) is 23.1 Å². The van der Waals surface area contributed by atoms with Crippen LogP contribution >= 0.6 is 0 Å². The minimum Gasteiger partial charge on any atom is -0.444 e. The van der Waals surface area contributed by atoms with Crippen LogP contribution in [0.2, 0.25) is 25.7 Å². The number of aromatic nitrogens is 5. The van der Waals surface area contributed by atoms with Crippen molar-refractivity contribution in [2.75, 3.05) is 24.6 Å². The van der Waals surface area contributed by atoms with E-state index in [1.54, 1.807) is 6.20 Å². The fraction of sp³-hybridized carbons (Fsp3) is 0.485. The van der Waals surface area contributed by atoms with Gasteiger partial charge in [0.15, 0.2) is 0 Å². The van der Waals surface area contributed by atoms with E-state index in [1.807, 2.05) is 56.0 Å². The van der Waals surface area contributed by atoms with E-state index in [4.69, 9.17) is 24.5 Å². The molecule has 1 saturated heterocycles. The molecule has 0 aromatic carbocycles. The van der Waals surface area contributed by atoms with Crippen LogP contribution in [0.15, 0.2) is 48.9 Å². The second-order valence-corrected chi connectivity index (χ2v) is 19.4. The summed E-state index contributed by atoms with van der Waals surface area (Å²) in [6.07, 6.45) is 6.72. The highest BCUT2D eigenvalue weighted by Crippen LogP contribution is 2.32. The average Bonchev–Trinajstić information content (AvgIpc) is 3.33. The van der Waals surface area contributed by atoms with Gasteiger partial charge in [0, 0.05) is 57.2 Å². The van der Waals surface area contributed by atoms with E-state index in [0.717, 1.165) is 76.9 Å². The number of carbonyl (C=O) groups excluding carboxylic acids is 1. The largest absolute Gasteiger partial charge is 0.444 e. The molecule has 0 bridgehead atoms. The third kappa shape index (κ3) is 8.00. The Balaban J connectivity index is 1.41. The maximum absolute atomic E-state index is 12.3. The number of hydrogen-bond acceptors (Lipinski definition) is 8. The van der Waals surface area contributed by atoms with E-state index in [9.17, 15) is 4.79 Å². The molecule has 1 aliphatic rings. The van der Waals surface area contributed by atoms with Crippen LogP contribution < -0.4 is 10.2 Å². The van der Waals surface area contributed by atoms with Gasteiger partial charge in [0.25, 0.3) is 0 Å². The first-order valence-electron chi connectivity index (χ1n) is 15.4. The number of pyridine rings is 3. The highest BCUT2D eigenvalue weighted by molar-refractivity contribution is 6.76. The van der Waals surface area contributed by atoms with E-state index in [-0.39, 0.29) is 12.1 Å². The first-order valence-corrected chi connectivity index (χ1v) is 19.1. The zero-order chi connectivity index (χ0) is 31.5. The fourth-order valence-corrected chi connectivity index (χ4v) is 6.00. The van der Waals surface area contributed by atoms with Crippen molar-refractivity contribution in [2.24, 2.45) is 0 Å². The Morgan fingerprint density at radius 2 is 1.86 bits per heavy atom. The number of fused-ring (bicyclic) bond motifs is 1. The molecule has 1 aliphatic heterocycles. The van der Waals surface area contributed by atoms with Crippen molar-refractivity contribution in [1.82, 2.24) is 30.0 Å². The van der Waals surface area contributed by atoms with E-state index < -0.39 is 13.7 Å². The van der Waals surface area contributed by atoms with Crippen molar-refractivity contribution in [1.29, 1.82) is 0 Å². The first-order chi connectivity index (χ1) is 20.9. The van der Waals surface area contributed by atoms with Gasteiger partial charge < -0.3 is 19.7 Å². The summed E-state index contributed by atoms with van der Waals surface area (Å²) in [5.74, 6) is 0.939. The average molecular weight is 616 g/mol. The molecule has 0 atom stereocenters. The fourth-order valence-electron chi connectivity index (χ4n) is 5.24. The van der Waals surface area contributed by atoms with Gasteiger partial charge >= 0.3 is 6.09 Å². The summed E-state index contributed by atoms with van der Waals surface area (Å²) in [5.41, 5.74) is 4.86. The lowest BCUT2D eigenvalue weighted by molar-refractivity contribution is 0.0497. The second kappa shape index (κ2) is 13.0. The molecule has 5 rings (SSSR count). The molecule has 10 nitrogen and oxygen atoms in total. The molecule has 234 valence electrons. The highest BCUT2D eigenvalue weighted by atomic mass is 28.3. The van der Waals surface area contributed by atoms with Crippen molar-refractivity contribution in [3.63, 3.8) is 0 Å². The maximum Gasteiger partial charge on any atom is 0.407 e. The van der Waals surface area contributed by atoms with Crippen LogP contribution in [0, 0.1) is 6.92 Å². The summed E-state index contributed by atoms with van der Waals surface area (Å²) in [7, 11) is -1.21. The molecule has 1 fully saturated rings. The quantitative estimate of drug-likeness (QED) is 0.164. The standard InChI is InChI=1S/C33H45N7O3Si/c1-23-10-11-27(37-31(23)39-15-12-25(13-16-39)36-32(41)43-33(2,3)4)30-26-19-28(24-9-8-14-34-20-24)35-21-29(26)40(38-30)22-42-17-18-44(5,6)7/h8-11,14,19-21,25H,12-13,15-18,22H2,1-7H3,(H,36,41). The Hall–Kier alpha value is -3.83. The Morgan fingerprint density at radius 3 is 2.55 bits per heavy atom. The molecule has 1 N–H and O–H groups in total. The number of alkyl carbamates (subject to hydrolysis) is 1. The number of amides is 1. The number of ether oxygens (including phenoxy) is 2. The molecule has 4 aromatic rings. The molecule has 5 heterocycles. The minimum atomic E-state index is -1.21. The van der Waals surface area contributed by atoms with Gasteiger partial charge in [-0.3, -0.25) is 9.97 Å². The number of hydrogen-bond donors (Lipinski definition) is 1. The molecule has 0 spiro atoms. The second-order valence-electron chi connectivity index (χ2n) is 13.8. The van der Waals surface area contributed by atoms with Gasteiger partial charge in [-0.2, -0.15) is 5.10 Å². The molecular formula is C33H45N7O3Si. The lowest BCUT2D eigenvalue weighted by atomic mass is 10.0. The Labute approximate surface area is 261 Å². The number of carbonyl (C=O) groups is 1. The predicted octanol–water partition coefficient (Wildman–Crippen LogP) is 6.67. The van der Waals surface area contributed by atoms with E-state index in [0.29, 0.717) is 13.3 Å². The zero-order valence-corrected chi connectivity index (χ0v) is 28.1. The lowest BCUT2D eigenvalue weighted by Crippen LogP contribution is -2.46. The third-order valence-electron chi connectivity index (χ3n) is 7.63. The van der Waals surface area contributed by atoms with Crippen molar-refractivity contribution in [2.45, 2.75) is 84.6 Å². The molecule has 0 saturated carbocycles. The number of nitrogens with zero attached hydrogens (tertiary/aromatic N) is 6. The van der Waals surface area contributed by atoms with Gasteiger partial charge in [0.1, 0.15) is 23.8 Å². The topological polar surface area (TPSA) is 107 Å². The predicted molar refractivity (Wildman–Crippen MR) is 177 cm³/mol. The molecule has 11 heteroatoms. The monoisotopic (exact) mass is 615 g/mol. The van der Waals surface area contributed by atoms with E-state index in [1.165, 1.54) is 0 Å². The number of aryl methyl sites for hydroxylation is 1. The molecule has 0 radical (unpaired) electrons. The van der Waals surface area contributed by atoms with Crippen LogP contribution in [0.5, 0.6) is 0 Å². The van der Waals surface area contributed by atoms with Gasteiger partial charge in [-0.25, -0.2) is 14.5 Å². The molecule has 44 heavy (non-hydrogen) atoms. The molecule has 0 unspecified atom stereocenters. The van der Waals surface area contributed by atoms with Crippen LogP contribution in [-0.2, 0) is 16.2 Å². The molecule has 1 amide bonds. The third-order valence-corrected chi connectivity index (χ3v) is 9.34.